The summed E-state index contributed by atoms with van der Waals surface area (Å²) in [7, 11) is -24.8. The third-order valence-electron chi connectivity index (χ3n) is 11.8. The van der Waals surface area contributed by atoms with E-state index in [2.05, 4.69) is 69.0 Å². The zero-order chi connectivity index (χ0) is 66.0. The van der Waals surface area contributed by atoms with Crippen LogP contribution in [-0.2, 0) is 78.7 Å². The molecule has 0 aliphatic heterocycles. The summed E-state index contributed by atoms with van der Waals surface area (Å²) in [4.78, 5) is -7.03. The molecule has 0 atom stereocenters. The van der Waals surface area contributed by atoms with Gasteiger partial charge in [-0.1, -0.05) is 15.1 Å². The van der Waals surface area contributed by atoms with Gasteiger partial charge in [-0.2, -0.15) is 42.1 Å². The molecule has 46 heteroatoms. The number of ether oxygens (including phenoxy) is 2. The summed E-state index contributed by atoms with van der Waals surface area (Å²) >= 11 is 0.320. The fraction of sp³-hybridized carbons (Fsp3) is 0.0455. The number of hydrogen-bond acceptors (Lipinski definition) is 36. The van der Waals surface area contributed by atoms with Crippen molar-refractivity contribution in [3.05, 3.63) is 84.9 Å². The maximum absolute atomic E-state index is 13.3. The molecule has 8 aromatic rings. The smallest absolute Gasteiger partial charge is 0.297 e. The third kappa shape index (κ3) is 14.4. The number of phenols is 3. The largest absolute Gasteiger partial charge is 0.505 e. The lowest BCUT2D eigenvalue weighted by molar-refractivity contribution is -0.432. The average molecular weight is 1410 g/mol. The molecule has 0 aliphatic rings. The molecule has 0 radical (unpaired) electrons. The predicted molar refractivity (Wildman–Crippen MR) is 305 cm³/mol. The van der Waals surface area contributed by atoms with Crippen LogP contribution in [0.4, 0.5) is 51.2 Å². The van der Waals surface area contributed by atoms with Gasteiger partial charge in [0.2, 0.25) is 0 Å². The van der Waals surface area contributed by atoms with Gasteiger partial charge in [0.25, 0.3) is 50.6 Å². The van der Waals surface area contributed by atoms with E-state index < -0.39 is 180 Å². The van der Waals surface area contributed by atoms with Crippen LogP contribution in [-0.4, -0.2) is 110 Å². The van der Waals surface area contributed by atoms with Gasteiger partial charge in [0.1, 0.15) is 81.5 Å². The maximum Gasteiger partial charge on any atom is 0.297 e. The summed E-state index contributed by atoms with van der Waals surface area (Å²) in [6.07, 6.45) is 0. The number of phenolic OH excluding ortho intramolecular Hbond substituents is 3. The van der Waals surface area contributed by atoms with Gasteiger partial charge in [-0.3, -0.25) is 22.8 Å². The molecule has 38 nitrogen and oxygen atoms in total. The van der Waals surface area contributed by atoms with Crippen molar-refractivity contribution in [1.29, 1.82) is 0 Å². The number of fused-ring (bicyclic) bond motifs is 3. The lowest BCUT2D eigenvalue weighted by atomic mass is 10.0. The Morgan fingerprint density at radius 3 is 1.28 bits per heavy atom. The molecule has 8 rings (SSSR count). The second-order valence-electron chi connectivity index (χ2n) is 17.0. The molecule has 0 aliphatic carbocycles. The Morgan fingerprint density at radius 1 is 0.378 bits per heavy atom. The van der Waals surface area contributed by atoms with Crippen LogP contribution >= 0.6 is 36.1 Å². The van der Waals surface area contributed by atoms with E-state index in [1.54, 1.807) is 0 Å². The molecule has 0 unspecified atom stereocenters. The van der Waals surface area contributed by atoms with E-state index in [-0.39, 0.29) is 46.2 Å². The first kappa shape index (κ1) is 67.9. The van der Waals surface area contributed by atoms with Crippen molar-refractivity contribution in [1.82, 2.24) is 0 Å². The highest BCUT2D eigenvalue weighted by molar-refractivity contribution is 7.95. The Labute approximate surface area is 514 Å². The van der Waals surface area contributed by atoms with E-state index >= 15 is 0 Å². The molecule has 0 spiro atoms. The first-order valence-corrected chi connectivity index (χ1v) is 32.3. The van der Waals surface area contributed by atoms with Crippen molar-refractivity contribution in [3.63, 3.8) is 0 Å². The Kier molecular flexibility index (Phi) is 20.2. The second kappa shape index (κ2) is 26.8. The van der Waals surface area contributed by atoms with Gasteiger partial charge in [-0.25, -0.2) is 15.8 Å². The minimum absolute atomic E-state index is 0.000601. The van der Waals surface area contributed by atoms with E-state index in [0.717, 1.165) is 48.5 Å². The third-order valence-corrected chi connectivity index (χ3v) is 18.2. The molecule has 0 bridgehead atoms. The van der Waals surface area contributed by atoms with Crippen LogP contribution in [0.5, 0.6) is 28.7 Å². The van der Waals surface area contributed by atoms with Crippen LogP contribution < -0.4 is 15.2 Å². The van der Waals surface area contributed by atoms with Crippen LogP contribution in [0.2, 0.25) is 0 Å². The van der Waals surface area contributed by atoms with Crippen LogP contribution in [0, 0.1) is 0 Å². The molecule has 476 valence electrons. The maximum atomic E-state index is 13.3. The van der Waals surface area contributed by atoms with Crippen LogP contribution in [0.3, 0.4) is 0 Å². The molecule has 13 N–H and O–H groups in total. The lowest BCUT2D eigenvalue weighted by Crippen LogP contribution is -2.03. The number of benzene rings is 8. The number of aromatic hydroxyl groups is 3. The first-order chi connectivity index (χ1) is 42.3. The van der Waals surface area contributed by atoms with Gasteiger partial charge < -0.3 is 30.5 Å². The monoisotopic (exact) mass is 1410 g/mol. The summed E-state index contributed by atoms with van der Waals surface area (Å²) in [5, 5.41) is 98.6. The SMILES string of the molecule is COc1ccc(N=Nc2c(S(=O)(=O)O)cc3c(S(=O)(=O)O)c(N=Nc4cc(S(=O)(=O)O)c5cc(SOOO)c(N=Nc6ccc7c(O)c(N=Nc8ccc(OC)cc8S(=O)(=O)O)c(SOOO)cc7c6S(=O)(=O)O)c(O)c5c4N)ccc3c2O)c(SOOO)c1. The Balaban J connectivity index is 1.29. The first-order valence-electron chi connectivity index (χ1n) is 22.9. The minimum Gasteiger partial charge on any atom is -0.505 e. The minimum atomic E-state index is -5.67. The molecule has 0 fully saturated rings. The molecule has 8 aromatic carbocycles. The van der Waals surface area contributed by atoms with Crippen LogP contribution in [0.1, 0.15) is 0 Å². The van der Waals surface area contributed by atoms with E-state index in [1.807, 2.05) is 0 Å². The highest BCUT2D eigenvalue weighted by atomic mass is 32.2. The zero-order valence-electron chi connectivity index (χ0n) is 43.8. The highest BCUT2D eigenvalue weighted by Gasteiger charge is 2.31. The number of anilines is 1. The number of hydrogen-bond donors (Lipinski definition) is 12. The molecule has 0 saturated heterocycles. The number of rotatable bonds is 24. The van der Waals surface area contributed by atoms with Gasteiger partial charge in [0, 0.05) is 33.0 Å². The lowest BCUT2D eigenvalue weighted by Gasteiger charge is -2.15. The summed E-state index contributed by atoms with van der Waals surface area (Å²) < 4.78 is 204. The number of nitrogens with zero attached hydrogens (tertiary/aromatic N) is 8. The van der Waals surface area contributed by atoms with Crippen molar-refractivity contribution in [2.75, 3.05) is 20.0 Å². The van der Waals surface area contributed by atoms with E-state index in [0.29, 0.717) is 24.2 Å². The predicted octanol–water partition coefficient (Wildman–Crippen LogP) is 11.0. The van der Waals surface area contributed by atoms with Crippen LogP contribution in [0.15, 0.2) is 165 Å². The van der Waals surface area contributed by atoms with E-state index in [4.69, 9.17) is 31.0 Å². The van der Waals surface area contributed by atoms with Crippen molar-refractivity contribution in [3.8, 4) is 28.7 Å². The molecular formula is C44H33N9O29S8. The average Bonchev–Trinajstić information content (AvgIpc) is 0.763. The van der Waals surface area contributed by atoms with Gasteiger partial charge in [0.05, 0.1) is 76.1 Å². The zero-order valence-corrected chi connectivity index (χ0v) is 50.3. The van der Waals surface area contributed by atoms with Gasteiger partial charge in [-0.05, 0) is 78.9 Å². The standard InChI is InChI=1S/C44H33N9O29S8/c1-75-17-3-7-24(29(11-17)83-80-77-57)46-53-39-34(88(66,67)68)15-22-20(41(39)55)6-9-26(44(22)90(72,73)74)48-50-28-16-32(86(60,61)62)23-14-31(85-82-79-59)38(42(56)35(23)36(28)45)52-49-27-10-5-19-21(43(27)89(69,70)71)13-30(84-81-78-58)37(40(19)54)51-47-25-8-4-18(76-2)12-33(25)87(63,64)65/h3-16,54-59H,45H2,1-2H3,(H,60,61,62)(H,63,64,65)(H,66,67,68)(H,69,70,71)(H,72,73,74). The normalized spacial score (nSPS) is 13.0. The van der Waals surface area contributed by atoms with Crippen molar-refractivity contribution < 1.29 is 134 Å². The van der Waals surface area contributed by atoms with Crippen molar-refractivity contribution in [2.24, 2.45) is 40.9 Å². The van der Waals surface area contributed by atoms with E-state index in [1.165, 1.54) is 38.5 Å². The Bertz CT molecular complexity index is 4990. The molecule has 90 heavy (non-hydrogen) atoms. The van der Waals surface area contributed by atoms with Gasteiger partial charge in [-0.15, -0.1) is 53.9 Å². The molecular weight excluding hydrogens is 1380 g/mol. The topological polar surface area (TPSA) is 592 Å². The van der Waals surface area contributed by atoms with Gasteiger partial charge in [0.15, 0.2) is 17.2 Å². The summed E-state index contributed by atoms with van der Waals surface area (Å²) in [6, 6.07) is 12.9. The molecule has 0 heterocycles. The fourth-order valence-corrected chi connectivity index (χ4v) is 13.2. The van der Waals surface area contributed by atoms with Crippen molar-refractivity contribution in [2.45, 2.75) is 39.2 Å². The molecule has 0 amide bonds. The van der Waals surface area contributed by atoms with Crippen LogP contribution in [0.25, 0.3) is 32.3 Å². The summed E-state index contributed by atoms with van der Waals surface area (Å²) in [5.41, 5.74) is -0.382. The number of nitrogen functional groups attached to an aromatic ring is 1. The fourth-order valence-electron chi connectivity index (χ4n) is 8.14. The Hall–Kier alpha value is -8.02. The molecule has 0 saturated carbocycles. The Morgan fingerprint density at radius 2 is 0.778 bits per heavy atom. The number of nitrogens with two attached hydrogens (primary N) is 1. The van der Waals surface area contributed by atoms with Gasteiger partial charge >= 0.3 is 0 Å². The highest BCUT2D eigenvalue weighted by Crippen LogP contribution is 2.53. The summed E-state index contributed by atoms with van der Waals surface area (Å²) in [6.45, 7) is 0. The quantitative estimate of drug-likeness (QED) is 0.00667. The number of azo groups is 4. The second-order valence-corrected chi connectivity index (χ2v) is 26.1. The van der Waals surface area contributed by atoms with E-state index in [9.17, 15) is 80.2 Å². The summed E-state index contributed by atoms with van der Waals surface area (Å²) in [5.74, 6) is -3.28. The molecule has 0 aromatic heterocycles. The van der Waals surface area contributed by atoms with Crippen molar-refractivity contribution >= 4 is 170 Å². The number of methoxy groups -OCH3 is 2.